The quantitative estimate of drug-likeness (QED) is 0.237. The Morgan fingerprint density at radius 2 is 0.810 bits per heavy atom. The van der Waals surface area contributed by atoms with Gasteiger partial charge in [0.1, 0.15) is 0 Å². The molecule has 0 aliphatic rings. The summed E-state index contributed by atoms with van der Waals surface area (Å²) in [5.74, 6) is 0. The van der Waals surface area contributed by atoms with Crippen molar-refractivity contribution >= 4 is 9.04 Å². The lowest BCUT2D eigenvalue weighted by Crippen LogP contribution is -2.03. The smallest absolute Gasteiger partial charge is 0.169 e. The molecule has 1 nitrogen and oxygen atoms in total. The molecule has 2 heteroatoms. The summed E-state index contributed by atoms with van der Waals surface area (Å²) in [6.07, 6.45) is 22.8. The summed E-state index contributed by atoms with van der Waals surface area (Å²) in [6, 6.07) is 1.12. The van der Waals surface area contributed by atoms with E-state index in [1.165, 1.54) is 103 Å². The van der Waals surface area contributed by atoms with E-state index < -0.39 is 9.04 Å². The van der Waals surface area contributed by atoms with E-state index in [0.29, 0.717) is 0 Å². The summed E-state index contributed by atoms with van der Waals surface area (Å²) >= 11 is 0. The third kappa shape index (κ3) is 20.2. The zero-order chi connectivity index (χ0) is 15.6. The fourth-order valence-electron chi connectivity index (χ4n) is 2.99. The molecule has 1 unspecified atom stereocenters. The van der Waals surface area contributed by atoms with E-state index in [2.05, 4.69) is 6.92 Å². The van der Waals surface area contributed by atoms with Gasteiger partial charge in [-0.25, -0.2) is 0 Å². The zero-order valence-corrected chi connectivity index (χ0v) is 16.2. The van der Waals surface area contributed by atoms with E-state index in [4.69, 9.17) is 0 Å². The molecule has 0 aliphatic carbocycles. The first kappa shape index (κ1) is 21.2. The molecule has 0 rings (SSSR count). The van der Waals surface area contributed by atoms with Crippen LogP contribution in [-0.4, -0.2) is 13.8 Å². The van der Waals surface area contributed by atoms with E-state index in [0.717, 1.165) is 6.04 Å². The summed E-state index contributed by atoms with van der Waals surface area (Å²) in [5, 5.41) is 0. The van der Waals surface area contributed by atoms with Crippen LogP contribution in [0, 0.1) is 0 Å². The van der Waals surface area contributed by atoms with Gasteiger partial charge in [0.25, 0.3) is 0 Å². The predicted octanol–water partition coefficient (Wildman–Crippen LogP) is 6.59. The van der Waals surface area contributed by atoms with Gasteiger partial charge >= 0.3 is 0 Å². The summed E-state index contributed by atoms with van der Waals surface area (Å²) in [7, 11) is -1.26. The monoisotopic (exact) mass is 314 g/mol. The molecule has 0 saturated carbocycles. The van der Waals surface area contributed by atoms with Crippen molar-refractivity contribution in [1.29, 1.82) is 0 Å². The van der Waals surface area contributed by atoms with E-state index in [-0.39, 0.29) is 0 Å². The second-order valence-electron chi connectivity index (χ2n) is 6.94. The van der Waals surface area contributed by atoms with Crippen LogP contribution in [0.5, 0.6) is 0 Å². The first-order chi connectivity index (χ1) is 10.3. The molecule has 128 valence electrons. The van der Waals surface area contributed by atoms with Crippen LogP contribution in [0.2, 0.25) is 12.6 Å². The average Bonchev–Trinajstić information content (AvgIpc) is 2.46. The lowest BCUT2D eigenvalue weighted by Gasteiger charge is -2.04. The van der Waals surface area contributed by atoms with Crippen molar-refractivity contribution in [3.63, 3.8) is 0 Å². The molecule has 21 heavy (non-hydrogen) atoms. The minimum atomic E-state index is -1.26. The molecule has 0 amide bonds. The molecule has 0 aliphatic heterocycles. The molecule has 1 N–H and O–H groups in total. The number of rotatable bonds is 17. The van der Waals surface area contributed by atoms with Gasteiger partial charge in [0, 0.05) is 0 Å². The SMILES string of the molecule is CCCCCCCCCCCCCCCCCC[SiH](C)O. The van der Waals surface area contributed by atoms with Gasteiger partial charge in [-0.3, -0.25) is 0 Å². The summed E-state index contributed by atoms with van der Waals surface area (Å²) in [4.78, 5) is 9.31. The second-order valence-corrected chi connectivity index (χ2v) is 9.22. The average molecular weight is 315 g/mol. The first-order valence-corrected chi connectivity index (χ1v) is 12.4. The van der Waals surface area contributed by atoms with Crippen LogP contribution in [0.3, 0.4) is 0 Å². The molecule has 0 heterocycles. The van der Waals surface area contributed by atoms with E-state index in [1.54, 1.807) is 0 Å². The molecule has 0 saturated heterocycles. The molecule has 1 atom stereocenters. The van der Waals surface area contributed by atoms with Crippen LogP contribution >= 0.6 is 0 Å². The Hall–Kier alpha value is 0.177. The van der Waals surface area contributed by atoms with Crippen molar-refractivity contribution in [3.05, 3.63) is 0 Å². The lowest BCUT2D eigenvalue weighted by atomic mass is 10.0. The lowest BCUT2D eigenvalue weighted by molar-refractivity contribution is 0.528. The molecule has 0 aromatic rings. The Bertz CT molecular complexity index is 182. The molecule has 0 fully saturated rings. The van der Waals surface area contributed by atoms with Gasteiger partial charge in [-0.15, -0.1) is 0 Å². The third-order valence-electron chi connectivity index (χ3n) is 4.48. The Balaban J connectivity index is 2.93. The highest BCUT2D eigenvalue weighted by Crippen LogP contribution is 2.14. The largest absolute Gasteiger partial charge is 0.435 e. The van der Waals surface area contributed by atoms with Crippen LogP contribution in [0.15, 0.2) is 0 Å². The van der Waals surface area contributed by atoms with E-state index in [1.807, 2.05) is 6.55 Å². The minimum absolute atomic E-state index is 1.12. The number of hydrogen-bond donors (Lipinski definition) is 1. The van der Waals surface area contributed by atoms with E-state index in [9.17, 15) is 4.80 Å². The summed E-state index contributed by atoms with van der Waals surface area (Å²) < 4.78 is 0. The Morgan fingerprint density at radius 3 is 1.10 bits per heavy atom. The van der Waals surface area contributed by atoms with Crippen LogP contribution in [0.4, 0.5) is 0 Å². The highest BCUT2D eigenvalue weighted by molar-refractivity contribution is 6.48. The van der Waals surface area contributed by atoms with Crippen molar-refractivity contribution < 1.29 is 4.80 Å². The Morgan fingerprint density at radius 1 is 0.524 bits per heavy atom. The Kier molecular flexibility index (Phi) is 18.4. The van der Waals surface area contributed by atoms with Crippen LogP contribution in [-0.2, 0) is 0 Å². The number of hydrogen-bond acceptors (Lipinski definition) is 1. The summed E-state index contributed by atoms with van der Waals surface area (Å²) in [5.41, 5.74) is 0. The fraction of sp³-hybridized carbons (Fsp3) is 1.00. The molecule has 0 spiro atoms. The van der Waals surface area contributed by atoms with Crippen molar-refractivity contribution in [2.75, 3.05) is 0 Å². The molecule has 0 aromatic carbocycles. The normalized spacial score (nSPS) is 12.7. The van der Waals surface area contributed by atoms with Gasteiger partial charge in [-0.05, 0) is 12.6 Å². The van der Waals surface area contributed by atoms with Gasteiger partial charge in [0.15, 0.2) is 9.04 Å². The van der Waals surface area contributed by atoms with Crippen molar-refractivity contribution in [3.8, 4) is 0 Å². The van der Waals surface area contributed by atoms with Gasteiger partial charge in [-0.2, -0.15) is 0 Å². The van der Waals surface area contributed by atoms with E-state index >= 15 is 0 Å². The van der Waals surface area contributed by atoms with Crippen molar-refractivity contribution in [2.45, 2.75) is 122 Å². The van der Waals surface area contributed by atoms with Gasteiger partial charge < -0.3 is 4.80 Å². The summed E-state index contributed by atoms with van der Waals surface area (Å²) in [6.45, 7) is 4.32. The maximum Gasteiger partial charge on any atom is 0.169 e. The molecule has 0 bridgehead atoms. The highest BCUT2D eigenvalue weighted by atomic mass is 28.3. The standard InChI is InChI=1S/C19H42OSi/c1-3-4-5-6-7-8-9-10-11-12-13-14-15-16-17-18-19-21(2)20/h20-21H,3-19H2,1-2H3. The third-order valence-corrected chi connectivity index (χ3v) is 5.72. The molecule has 0 radical (unpaired) electrons. The number of unbranched alkanes of at least 4 members (excludes halogenated alkanes) is 15. The van der Waals surface area contributed by atoms with Crippen molar-refractivity contribution in [2.24, 2.45) is 0 Å². The maximum atomic E-state index is 9.31. The topological polar surface area (TPSA) is 20.2 Å². The van der Waals surface area contributed by atoms with Crippen molar-refractivity contribution in [1.82, 2.24) is 0 Å². The second kappa shape index (κ2) is 18.2. The van der Waals surface area contributed by atoms with Gasteiger partial charge in [-0.1, -0.05) is 110 Å². The highest BCUT2D eigenvalue weighted by Gasteiger charge is 1.98. The van der Waals surface area contributed by atoms with Crippen LogP contribution < -0.4 is 0 Å². The zero-order valence-electron chi connectivity index (χ0n) is 15.0. The van der Waals surface area contributed by atoms with Gasteiger partial charge in [0.05, 0.1) is 0 Å². The molecular formula is C19H42OSi. The Labute approximate surface area is 136 Å². The van der Waals surface area contributed by atoms with Gasteiger partial charge in [0.2, 0.25) is 0 Å². The fourth-order valence-corrected chi connectivity index (χ4v) is 3.87. The van der Waals surface area contributed by atoms with Crippen LogP contribution in [0.1, 0.15) is 110 Å². The maximum absolute atomic E-state index is 9.31. The minimum Gasteiger partial charge on any atom is -0.435 e. The molecular weight excluding hydrogens is 272 g/mol. The molecule has 0 aromatic heterocycles. The first-order valence-electron chi connectivity index (χ1n) is 9.95. The van der Waals surface area contributed by atoms with Crippen LogP contribution in [0.25, 0.3) is 0 Å². The predicted molar refractivity (Wildman–Crippen MR) is 99.6 cm³/mol.